The van der Waals surface area contributed by atoms with Crippen LogP contribution in [0.15, 0.2) is 23.4 Å². The Kier molecular flexibility index (Phi) is 3.47. The lowest BCUT2D eigenvalue weighted by atomic mass is 10.2. The van der Waals surface area contributed by atoms with E-state index in [4.69, 9.17) is 0 Å². The zero-order valence-electron chi connectivity index (χ0n) is 8.79. The van der Waals surface area contributed by atoms with Crippen molar-refractivity contribution in [1.82, 2.24) is 0 Å². The largest absolute Gasteiger partial charge is 0.448 e. The van der Waals surface area contributed by atoms with Crippen molar-refractivity contribution in [2.24, 2.45) is 5.16 Å². The summed E-state index contributed by atoms with van der Waals surface area (Å²) in [6.07, 6.45) is -6.14. The number of hydrogen-bond acceptors (Lipinski definition) is 3. The SMILES string of the molecule is Fc1c(CBr)cccc1N1C=NOC1C(F)(F)F. The predicted octanol–water partition coefficient (Wildman–Crippen LogP) is 3.39. The fourth-order valence-electron chi connectivity index (χ4n) is 1.52. The maximum atomic E-state index is 13.9. The Balaban J connectivity index is 2.39. The Bertz CT molecular complexity index is 477. The predicted molar refractivity (Wildman–Crippen MR) is 60.9 cm³/mol. The molecule has 0 fully saturated rings. The molecule has 0 aliphatic carbocycles. The standard InChI is InChI=1S/C10H7BrF4N2O/c11-4-6-2-1-3-7(8(6)12)17-5-16-18-9(17)10(13,14)15/h1-3,5,9H,4H2. The second-order valence-corrected chi connectivity index (χ2v) is 4.07. The van der Waals surface area contributed by atoms with Crippen LogP contribution in [0.25, 0.3) is 0 Å². The molecule has 8 heteroatoms. The summed E-state index contributed by atoms with van der Waals surface area (Å²) in [7, 11) is 0. The molecule has 1 unspecified atom stereocenters. The molecule has 1 aromatic carbocycles. The first kappa shape index (κ1) is 13.1. The minimum Gasteiger partial charge on any atom is -0.359 e. The van der Waals surface area contributed by atoms with Gasteiger partial charge in [-0.25, -0.2) is 4.39 Å². The van der Waals surface area contributed by atoms with Gasteiger partial charge in [-0.05, 0) is 6.07 Å². The number of rotatable bonds is 2. The second kappa shape index (κ2) is 4.75. The summed E-state index contributed by atoms with van der Waals surface area (Å²) in [4.78, 5) is 4.82. The van der Waals surface area contributed by atoms with Gasteiger partial charge in [0.05, 0.1) is 5.69 Å². The normalized spacial score (nSPS) is 19.2. The van der Waals surface area contributed by atoms with Gasteiger partial charge in [0.1, 0.15) is 6.34 Å². The monoisotopic (exact) mass is 326 g/mol. The molecule has 1 aliphatic rings. The number of halogens is 5. The molecule has 0 saturated heterocycles. The highest BCUT2D eigenvalue weighted by molar-refractivity contribution is 9.08. The Morgan fingerprint density at radius 2 is 2.11 bits per heavy atom. The van der Waals surface area contributed by atoms with E-state index in [0.717, 1.165) is 6.34 Å². The summed E-state index contributed by atoms with van der Waals surface area (Å²) in [5, 5.41) is 3.29. The molecular weight excluding hydrogens is 320 g/mol. The smallest absolute Gasteiger partial charge is 0.359 e. The summed E-state index contributed by atoms with van der Waals surface area (Å²) in [5.41, 5.74) is 0.0317. The van der Waals surface area contributed by atoms with E-state index in [0.29, 0.717) is 4.90 Å². The lowest BCUT2D eigenvalue weighted by molar-refractivity contribution is -0.211. The van der Waals surface area contributed by atoms with Crippen LogP contribution >= 0.6 is 15.9 Å². The second-order valence-electron chi connectivity index (χ2n) is 3.51. The fraction of sp³-hybridized carbons (Fsp3) is 0.300. The van der Waals surface area contributed by atoms with Gasteiger partial charge in [0.15, 0.2) is 5.82 Å². The van der Waals surface area contributed by atoms with Crippen LogP contribution in [0.4, 0.5) is 23.2 Å². The van der Waals surface area contributed by atoms with Gasteiger partial charge in [-0.15, -0.1) is 0 Å². The van der Waals surface area contributed by atoms with E-state index in [9.17, 15) is 17.6 Å². The molecule has 0 radical (unpaired) electrons. The van der Waals surface area contributed by atoms with E-state index in [-0.39, 0.29) is 16.6 Å². The van der Waals surface area contributed by atoms with E-state index in [1.165, 1.54) is 18.2 Å². The molecule has 0 amide bonds. The molecular formula is C10H7BrF4N2O. The van der Waals surface area contributed by atoms with Crippen molar-refractivity contribution in [3.63, 3.8) is 0 Å². The number of hydrogen-bond donors (Lipinski definition) is 0. The first-order chi connectivity index (χ1) is 8.45. The van der Waals surface area contributed by atoms with Crippen molar-refractivity contribution in [2.45, 2.75) is 17.7 Å². The quantitative estimate of drug-likeness (QED) is 0.614. The van der Waals surface area contributed by atoms with Crippen molar-refractivity contribution in [1.29, 1.82) is 0 Å². The molecule has 98 valence electrons. The van der Waals surface area contributed by atoms with Crippen LogP contribution in [0.1, 0.15) is 5.56 Å². The van der Waals surface area contributed by atoms with Gasteiger partial charge in [-0.2, -0.15) is 13.2 Å². The van der Waals surface area contributed by atoms with Crippen LogP contribution in [-0.2, 0) is 10.2 Å². The van der Waals surface area contributed by atoms with Gasteiger partial charge in [-0.1, -0.05) is 33.2 Å². The molecule has 0 saturated carbocycles. The van der Waals surface area contributed by atoms with Crippen LogP contribution in [0, 0.1) is 5.82 Å². The molecule has 0 aromatic heterocycles. The molecule has 0 spiro atoms. The van der Waals surface area contributed by atoms with Crippen molar-refractivity contribution < 1.29 is 22.4 Å². The van der Waals surface area contributed by atoms with Crippen molar-refractivity contribution in [2.75, 3.05) is 4.90 Å². The Labute approximate surface area is 108 Å². The molecule has 1 heterocycles. The summed E-state index contributed by atoms with van der Waals surface area (Å²) in [6, 6.07) is 4.18. The van der Waals surface area contributed by atoms with Gasteiger partial charge in [0, 0.05) is 10.9 Å². The summed E-state index contributed by atoms with van der Waals surface area (Å²) in [6.45, 7) is 0. The Morgan fingerprint density at radius 3 is 2.72 bits per heavy atom. The topological polar surface area (TPSA) is 24.8 Å². The molecule has 1 atom stereocenters. The first-order valence-corrected chi connectivity index (χ1v) is 5.95. The van der Waals surface area contributed by atoms with Gasteiger partial charge in [0.25, 0.3) is 0 Å². The maximum absolute atomic E-state index is 13.9. The highest BCUT2D eigenvalue weighted by atomic mass is 79.9. The maximum Gasteiger partial charge on any atom is 0.448 e. The summed E-state index contributed by atoms with van der Waals surface area (Å²) < 4.78 is 51.8. The summed E-state index contributed by atoms with van der Waals surface area (Å²) >= 11 is 3.06. The number of anilines is 1. The molecule has 2 rings (SSSR count). The average Bonchev–Trinajstić information content (AvgIpc) is 2.78. The minimum absolute atomic E-state index is 0.204. The van der Waals surface area contributed by atoms with E-state index >= 15 is 0 Å². The number of nitrogens with zero attached hydrogens (tertiary/aromatic N) is 2. The van der Waals surface area contributed by atoms with E-state index in [1.807, 2.05) is 0 Å². The molecule has 1 aromatic rings. The van der Waals surface area contributed by atoms with Gasteiger partial charge in [-0.3, -0.25) is 4.90 Å². The van der Waals surface area contributed by atoms with Crippen LogP contribution in [0.5, 0.6) is 0 Å². The molecule has 0 N–H and O–H groups in total. The highest BCUT2D eigenvalue weighted by Gasteiger charge is 2.49. The van der Waals surface area contributed by atoms with Crippen molar-refractivity contribution in [3.05, 3.63) is 29.6 Å². The van der Waals surface area contributed by atoms with E-state index in [1.54, 1.807) is 0 Å². The lowest BCUT2D eigenvalue weighted by Crippen LogP contribution is -2.43. The fourth-order valence-corrected chi connectivity index (χ4v) is 1.95. The number of oxime groups is 1. The molecule has 18 heavy (non-hydrogen) atoms. The Hall–Kier alpha value is -1.31. The van der Waals surface area contributed by atoms with Gasteiger partial charge >= 0.3 is 12.4 Å². The summed E-state index contributed by atoms with van der Waals surface area (Å²) in [5.74, 6) is -0.736. The van der Waals surface area contributed by atoms with Crippen LogP contribution in [0.2, 0.25) is 0 Å². The van der Waals surface area contributed by atoms with Crippen molar-refractivity contribution in [3.8, 4) is 0 Å². The number of alkyl halides is 4. The highest BCUT2D eigenvalue weighted by Crippen LogP contribution is 2.33. The van der Waals surface area contributed by atoms with Gasteiger partial charge in [0.2, 0.25) is 0 Å². The Morgan fingerprint density at radius 1 is 1.39 bits per heavy atom. The van der Waals surface area contributed by atoms with Crippen LogP contribution < -0.4 is 4.90 Å². The average molecular weight is 327 g/mol. The third-order valence-corrected chi connectivity index (χ3v) is 2.95. The van der Waals surface area contributed by atoms with Crippen LogP contribution in [0.3, 0.4) is 0 Å². The number of benzene rings is 1. The van der Waals surface area contributed by atoms with Gasteiger partial charge < -0.3 is 4.84 Å². The third kappa shape index (κ3) is 2.29. The lowest BCUT2D eigenvalue weighted by Gasteiger charge is -2.24. The molecule has 1 aliphatic heterocycles. The zero-order chi connectivity index (χ0) is 13.3. The third-order valence-electron chi connectivity index (χ3n) is 2.35. The van der Waals surface area contributed by atoms with E-state index < -0.39 is 18.2 Å². The zero-order valence-corrected chi connectivity index (χ0v) is 10.4. The molecule has 3 nitrogen and oxygen atoms in total. The molecule has 0 bridgehead atoms. The minimum atomic E-state index is -4.66. The van der Waals surface area contributed by atoms with E-state index in [2.05, 4.69) is 25.9 Å². The van der Waals surface area contributed by atoms with Crippen molar-refractivity contribution >= 4 is 28.0 Å². The van der Waals surface area contributed by atoms with Crippen LogP contribution in [-0.4, -0.2) is 18.7 Å². The first-order valence-electron chi connectivity index (χ1n) is 4.83.